The summed E-state index contributed by atoms with van der Waals surface area (Å²) >= 11 is 0. The molecule has 0 aliphatic rings. The Balaban J connectivity index is 1.19. The average molecular weight is 531 g/mol. The molecular formula is C29H22N8O3. The first-order valence-corrected chi connectivity index (χ1v) is 12.3. The number of rotatable bonds is 8. The molecule has 6 rings (SSSR count). The van der Waals surface area contributed by atoms with Crippen LogP contribution >= 0.6 is 0 Å². The van der Waals surface area contributed by atoms with E-state index in [1.54, 1.807) is 0 Å². The molecule has 2 aromatic heterocycles. The second-order valence-corrected chi connectivity index (χ2v) is 8.74. The van der Waals surface area contributed by atoms with Gasteiger partial charge in [0.15, 0.2) is 5.69 Å². The number of carbonyl (C=O) groups is 1. The fourth-order valence-electron chi connectivity index (χ4n) is 4.24. The summed E-state index contributed by atoms with van der Waals surface area (Å²) in [5.41, 5.74) is 11.3. The number of amides is 1. The molecule has 4 aromatic carbocycles. The highest BCUT2D eigenvalue weighted by Gasteiger charge is 2.25. The van der Waals surface area contributed by atoms with Crippen LogP contribution in [0.3, 0.4) is 0 Å². The van der Waals surface area contributed by atoms with Crippen molar-refractivity contribution in [3.63, 3.8) is 0 Å². The maximum Gasteiger partial charge on any atom is 0.292 e. The van der Waals surface area contributed by atoms with Gasteiger partial charge in [0.25, 0.3) is 5.91 Å². The summed E-state index contributed by atoms with van der Waals surface area (Å²) in [4.78, 5) is 13.3. The van der Waals surface area contributed by atoms with Crippen LogP contribution in [0, 0.1) is 0 Å². The Hall–Kier alpha value is -5.84. The Kier molecular flexibility index (Phi) is 6.66. The van der Waals surface area contributed by atoms with Crippen molar-refractivity contribution >= 4 is 28.7 Å². The topological polar surface area (TPSA) is 146 Å². The monoisotopic (exact) mass is 530 g/mol. The zero-order valence-corrected chi connectivity index (χ0v) is 21.0. The Morgan fingerprint density at radius 1 is 0.975 bits per heavy atom. The standard InChI is InChI=1S/C29H22N8O3/c30-27-28(35-40-34-27)37-26(25(32-36-37)21-10-2-1-3-11-21)29(38)33-31-17-19-8-6-14-23(16-19)39-18-22-13-7-12-20-9-4-5-15-24(20)22/h1-17H,18H2,(H2,30,34)(H,33,38)/b31-17-. The Bertz CT molecular complexity index is 1820. The van der Waals surface area contributed by atoms with E-state index in [-0.39, 0.29) is 17.3 Å². The van der Waals surface area contributed by atoms with Gasteiger partial charge in [0.1, 0.15) is 18.1 Å². The van der Waals surface area contributed by atoms with Crippen molar-refractivity contribution in [2.45, 2.75) is 6.61 Å². The average Bonchev–Trinajstić information content (AvgIpc) is 3.63. The quantitative estimate of drug-likeness (QED) is 0.218. The summed E-state index contributed by atoms with van der Waals surface area (Å²) in [6.45, 7) is 0.415. The van der Waals surface area contributed by atoms with E-state index < -0.39 is 5.91 Å². The third-order valence-corrected chi connectivity index (χ3v) is 6.14. The molecule has 0 unspecified atom stereocenters. The number of anilines is 1. The van der Waals surface area contributed by atoms with Crippen LogP contribution in [0.1, 0.15) is 21.6 Å². The lowest BCUT2D eigenvalue weighted by molar-refractivity contribution is 0.0948. The Morgan fingerprint density at radius 2 is 1.77 bits per heavy atom. The summed E-state index contributed by atoms with van der Waals surface area (Å²) in [6, 6.07) is 30.9. The van der Waals surface area contributed by atoms with E-state index in [2.05, 4.69) is 60.0 Å². The molecule has 0 spiro atoms. The number of hydrogen-bond donors (Lipinski definition) is 2. The molecule has 11 nitrogen and oxygen atoms in total. The summed E-state index contributed by atoms with van der Waals surface area (Å²) in [6.07, 6.45) is 1.52. The summed E-state index contributed by atoms with van der Waals surface area (Å²) in [5, 5.41) is 22.0. The number of fused-ring (bicyclic) bond motifs is 1. The number of ether oxygens (including phenoxy) is 1. The number of aromatic nitrogens is 5. The molecule has 0 bridgehead atoms. The van der Waals surface area contributed by atoms with Crippen molar-refractivity contribution in [2.75, 3.05) is 5.73 Å². The largest absolute Gasteiger partial charge is 0.489 e. The van der Waals surface area contributed by atoms with E-state index in [0.29, 0.717) is 23.6 Å². The number of nitrogens with two attached hydrogens (primary N) is 1. The zero-order chi connectivity index (χ0) is 27.3. The highest BCUT2D eigenvalue weighted by molar-refractivity contribution is 5.99. The zero-order valence-electron chi connectivity index (χ0n) is 21.0. The van der Waals surface area contributed by atoms with Gasteiger partial charge >= 0.3 is 0 Å². The number of hydrazone groups is 1. The molecular weight excluding hydrogens is 508 g/mol. The molecule has 1 amide bonds. The minimum absolute atomic E-state index is 0.0395. The van der Waals surface area contributed by atoms with Gasteiger partial charge in [-0.25, -0.2) is 10.1 Å². The lowest BCUT2D eigenvalue weighted by Gasteiger charge is -2.09. The highest BCUT2D eigenvalue weighted by atomic mass is 16.6. The van der Waals surface area contributed by atoms with Gasteiger partial charge in [-0.1, -0.05) is 90.1 Å². The van der Waals surface area contributed by atoms with Crippen LogP contribution in [0.25, 0.3) is 27.8 Å². The first kappa shape index (κ1) is 24.5. The van der Waals surface area contributed by atoms with Crippen molar-refractivity contribution in [3.05, 3.63) is 114 Å². The van der Waals surface area contributed by atoms with E-state index in [4.69, 9.17) is 10.5 Å². The third-order valence-electron chi connectivity index (χ3n) is 6.14. The minimum Gasteiger partial charge on any atom is -0.489 e. The molecule has 0 aliphatic heterocycles. The highest BCUT2D eigenvalue weighted by Crippen LogP contribution is 2.24. The predicted molar refractivity (Wildman–Crippen MR) is 149 cm³/mol. The summed E-state index contributed by atoms with van der Waals surface area (Å²) in [5.74, 6) is 0.0963. The van der Waals surface area contributed by atoms with Gasteiger partial charge in [-0.05, 0) is 44.3 Å². The molecule has 11 heteroatoms. The first-order valence-electron chi connectivity index (χ1n) is 12.3. The van der Waals surface area contributed by atoms with E-state index in [1.165, 1.54) is 10.9 Å². The number of nitrogens with one attached hydrogen (secondary N) is 1. The number of benzene rings is 4. The number of nitrogen functional groups attached to an aromatic ring is 1. The molecule has 0 aliphatic carbocycles. The van der Waals surface area contributed by atoms with Crippen LogP contribution in [0.5, 0.6) is 5.75 Å². The van der Waals surface area contributed by atoms with Gasteiger partial charge in [0.2, 0.25) is 11.6 Å². The van der Waals surface area contributed by atoms with Gasteiger partial charge in [-0.15, -0.1) is 5.10 Å². The van der Waals surface area contributed by atoms with Gasteiger partial charge in [0, 0.05) is 5.56 Å². The van der Waals surface area contributed by atoms with Crippen LogP contribution in [0.2, 0.25) is 0 Å². The van der Waals surface area contributed by atoms with Crippen molar-refractivity contribution in [3.8, 4) is 22.8 Å². The number of hydrogen-bond acceptors (Lipinski definition) is 9. The summed E-state index contributed by atoms with van der Waals surface area (Å²) in [7, 11) is 0. The molecule has 6 aromatic rings. The molecule has 0 fully saturated rings. The van der Waals surface area contributed by atoms with Crippen LogP contribution in [0.15, 0.2) is 107 Å². The van der Waals surface area contributed by atoms with Crippen molar-refractivity contribution in [2.24, 2.45) is 5.10 Å². The van der Waals surface area contributed by atoms with Gasteiger partial charge in [0.05, 0.1) is 6.21 Å². The lowest BCUT2D eigenvalue weighted by Crippen LogP contribution is -2.22. The molecule has 40 heavy (non-hydrogen) atoms. The van der Waals surface area contributed by atoms with Gasteiger partial charge in [-0.2, -0.15) is 9.78 Å². The molecule has 0 saturated heterocycles. The van der Waals surface area contributed by atoms with Crippen LogP contribution in [0.4, 0.5) is 5.82 Å². The van der Waals surface area contributed by atoms with E-state index in [0.717, 1.165) is 21.9 Å². The lowest BCUT2D eigenvalue weighted by atomic mass is 10.1. The molecule has 196 valence electrons. The molecule has 0 atom stereocenters. The second kappa shape index (κ2) is 10.9. The molecule has 0 saturated carbocycles. The van der Waals surface area contributed by atoms with Crippen LogP contribution < -0.4 is 15.9 Å². The fourth-order valence-corrected chi connectivity index (χ4v) is 4.24. The van der Waals surface area contributed by atoms with Crippen molar-refractivity contribution < 1.29 is 14.2 Å². The molecule has 3 N–H and O–H groups in total. The minimum atomic E-state index is -0.578. The third kappa shape index (κ3) is 4.98. The molecule has 2 heterocycles. The normalized spacial score (nSPS) is 11.2. The number of nitrogens with zero attached hydrogens (tertiary/aromatic N) is 6. The van der Waals surface area contributed by atoms with Crippen molar-refractivity contribution in [1.82, 2.24) is 30.7 Å². The van der Waals surface area contributed by atoms with Crippen LogP contribution in [-0.2, 0) is 6.61 Å². The molecule has 0 radical (unpaired) electrons. The van der Waals surface area contributed by atoms with Gasteiger partial charge < -0.3 is 10.5 Å². The van der Waals surface area contributed by atoms with Gasteiger partial charge in [-0.3, -0.25) is 4.79 Å². The smallest absolute Gasteiger partial charge is 0.292 e. The van der Waals surface area contributed by atoms with E-state index in [9.17, 15) is 4.79 Å². The predicted octanol–water partition coefficient (Wildman–Crippen LogP) is 4.40. The van der Waals surface area contributed by atoms with Crippen LogP contribution in [-0.4, -0.2) is 37.4 Å². The first-order chi connectivity index (χ1) is 19.7. The number of carbonyl (C=O) groups excluding carboxylic acids is 1. The van der Waals surface area contributed by atoms with E-state index in [1.807, 2.05) is 72.8 Å². The fraction of sp³-hybridized carbons (Fsp3) is 0.0345. The Labute approximate surface area is 227 Å². The maximum absolute atomic E-state index is 13.3. The van der Waals surface area contributed by atoms with E-state index >= 15 is 0 Å². The van der Waals surface area contributed by atoms with Crippen molar-refractivity contribution in [1.29, 1.82) is 0 Å². The SMILES string of the molecule is Nc1nonc1-n1nnc(-c2ccccc2)c1C(=O)N/N=C\c1cccc(OCc2cccc3ccccc23)c1. The maximum atomic E-state index is 13.3. The second-order valence-electron chi connectivity index (χ2n) is 8.74. The summed E-state index contributed by atoms with van der Waals surface area (Å²) < 4.78 is 11.9. The Morgan fingerprint density at radius 3 is 2.62 bits per heavy atom.